The maximum absolute atomic E-state index is 15.3. The predicted molar refractivity (Wildman–Crippen MR) is 109 cm³/mol. The van der Waals surface area contributed by atoms with Crippen LogP contribution in [0.25, 0.3) is 10.9 Å². The van der Waals surface area contributed by atoms with E-state index in [1.807, 2.05) is 0 Å². The Morgan fingerprint density at radius 2 is 2.03 bits per heavy atom. The van der Waals surface area contributed by atoms with Crippen molar-refractivity contribution in [2.45, 2.75) is 18.9 Å². The van der Waals surface area contributed by atoms with Crippen LogP contribution in [0.15, 0.2) is 17.1 Å². The average Bonchev–Trinajstić information content (AvgIpc) is 3.60. The molecule has 0 atom stereocenters. The van der Waals surface area contributed by atoms with Crippen molar-refractivity contribution in [2.24, 2.45) is 0 Å². The van der Waals surface area contributed by atoms with E-state index in [0.717, 1.165) is 18.9 Å². The van der Waals surface area contributed by atoms with Crippen LogP contribution in [-0.4, -0.2) is 71.6 Å². The number of aliphatic hydroxyl groups is 1. The Morgan fingerprint density at radius 1 is 1.29 bits per heavy atom. The molecule has 0 spiro atoms. The van der Waals surface area contributed by atoms with E-state index in [-0.39, 0.29) is 36.0 Å². The number of halogens is 1. The number of nitrogens with zero attached hydrogens (tertiary/aromatic N) is 3. The van der Waals surface area contributed by atoms with Gasteiger partial charge < -0.3 is 24.4 Å². The van der Waals surface area contributed by atoms with Gasteiger partial charge >= 0.3 is 5.97 Å². The number of carboxylic acids is 1. The van der Waals surface area contributed by atoms with E-state index in [9.17, 15) is 19.5 Å². The molecule has 1 amide bonds. The summed E-state index contributed by atoms with van der Waals surface area (Å²) in [7, 11) is 1.38. The third-order valence-electron chi connectivity index (χ3n) is 5.60. The van der Waals surface area contributed by atoms with Gasteiger partial charge in [0, 0.05) is 31.9 Å². The first-order valence-electron chi connectivity index (χ1n) is 9.95. The van der Waals surface area contributed by atoms with Gasteiger partial charge in [-0.05, 0) is 18.9 Å². The largest absolute Gasteiger partial charge is 0.492 e. The van der Waals surface area contributed by atoms with Gasteiger partial charge in [-0.15, -0.1) is 0 Å². The molecule has 3 N–H and O–H groups in total. The monoisotopic (exact) mass is 434 g/mol. The lowest BCUT2D eigenvalue weighted by Gasteiger charge is -2.27. The minimum Gasteiger partial charge on any atom is -0.492 e. The number of hydrogen-bond donors (Lipinski definition) is 3. The maximum Gasteiger partial charge on any atom is 0.341 e. The van der Waals surface area contributed by atoms with Gasteiger partial charge in [-0.2, -0.15) is 0 Å². The van der Waals surface area contributed by atoms with Crippen LogP contribution in [0, 0.1) is 5.82 Å². The van der Waals surface area contributed by atoms with Gasteiger partial charge in [-0.1, -0.05) is 0 Å². The number of carboxylic acid groups (broad SMARTS) is 1. The number of benzene rings is 1. The molecule has 1 saturated carbocycles. The summed E-state index contributed by atoms with van der Waals surface area (Å²) in [6, 6.07) is 1.08. The first-order chi connectivity index (χ1) is 14.9. The fourth-order valence-corrected chi connectivity index (χ4v) is 3.98. The van der Waals surface area contributed by atoms with Gasteiger partial charge in [0.05, 0.1) is 24.6 Å². The standard InChI is InChI=1S/C20H23FN4O6/c1-31-19-16-12(18(28)13(20(29)30)9-24(16)11-2-3-11)8-14(21)17(19)23-5-4-22-25(7-6-23)15(27)10-26/h8-9,11,22,26H,2-7,10H2,1H3,(H,29,30). The highest BCUT2D eigenvalue weighted by Crippen LogP contribution is 2.43. The molecule has 2 fully saturated rings. The lowest BCUT2D eigenvalue weighted by Crippen LogP contribution is -2.45. The van der Waals surface area contributed by atoms with E-state index in [2.05, 4.69) is 5.43 Å². The fraction of sp³-hybridized carbons (Fsp3) is 0.450. The number of pyridine rings is 1. The summed E-state index contributed by atoms with van der Waals surface area (Å²) in [4.78, 5) is 37.8. The van der Waals surface area contributed by atoms with E-state index in [0.29, 0.717) is 18.6 Å². The summed E-state index contributed by atoms with van der Waals surface area (Å²) in [6.07, 6.45) is 2.94. The van der Waals surface area contributed by atoms with Crippen molar-refractivity contribution in [3.63, 3.8) is 0 Å². The zero-order valence-corrected chi connectivity index (χ0v) is 16.9. The zero-order valence-electron chi connectivity index (χ0n) is 16.9. The van der Waals surface area contributed by atoms with E-state index in [4.69, 9.17) is 9.84 Å². The predicted octanol–water partition coefficient (Wildman–Crippen LogP) is 0.328. The Morgan fingerprint density at radius 3 is 2.65 bits per heavy atom. The highest BCUT2D eigenvalue weighted by Gasteiger charge is 2.32. The number of amides is 1. The number of anilines is 1. The van der Waals surface area contributed by atoms with Crippen LogP contribution in [0.3, 0.4) is 0 Å². The molecule has 1 aliphatic heterocycles. The van der Waals surface area contributed by atoms with Crippen LogP contribution < -0.4 is 20.5 Å². The molecule has 1 aliphatic carbocycles. The molecule has 1 aromatic heterocycles. The van der Waals surface area contributed by atoms with E-state index in [1.165, 1.54) is 18.3 Å². The van der Waals surface area contributed by atoms with Crippen molar-refractivity contribution in [2.75, 3.05) is 44.8 Å². The highest BCUT2D eigenvalue weighted by atomic mass is 19.1. The summed E-state index contributed by atoms with van der Waals surface area (Å²) in [5, 5.41) is 19.7. The lowest BCUT2D eigenvalue weighted by molar-refractivity contribution is -0.136. The second-order valence-corrected chi connectivity index (χ2v) is 7.55. The average molecular weight is 434 g/mol. The summed E-state index contributed by atoms with van der Waals surface area (Å²) in [5.41, 5.74) is 2.22. The van der Waals surface area contributed by atoms with Crippen molar-refractivity contribution in [1.29, 1.82) is 0 Å². The fourth-order valence-electron chi connectivity index (χ4n) is 3.98. The molecule has 2 heterocycles. The van der Waals surface area contributed by atoms with Crippen molar-refractivity contribution in [1.82, 2.24) is 15.0 Å². The normalized spacial score (nSPS) is 17.0. The second-order valence-electron chi connectivity index (χ2n) is 7.55. The number of nitrogens with one attached hydrogen (secondary N) is 1. The van der Waals surface area contributed by atoms with E-state index in [1.54, 1.807) is 9.47 Å². The van der Waals surface area contributed by atoms with Crippen molar-refractivity contribution in [3.8, 4) is 5.75 Å². The topological polar surface area (TPSA) is 124 Å². The Balaban J connectivity index is 1.87. The zero-order chi connectivity index (χ0) is 22.3. The Labute approximate surface area is 176 Å². The Kier molecular flexibility index (Phi) is 5.54. The molecule has 0 radical (unpaired) electrons. The van der Waals surface area contributed by atoms with Crippen LogP contribution in [0.2, 0.25) is 0 Å². The molecular weight excluding hydrogens is 411 g/mol. The van der Waals surface area contributed by atoms with Gasteiger partial charge in [0.25, 0.3) is 5.91 Å². The maximum atomic E-state index is 15.3. The first-order valence-corrected chi connectivity index (χ1v) is 9.95. The molecule has 10 nitrogen and oxygen atoms in total. The number of carbonyl (C=O) groups excluding carboxylic acids is 1. The molecule has 11 heteroatoms. The number of methoxy groups -OCH3 is 1. The van der Waals surface area contributed by atoms with Crippen LogP contribution in [0.5, 0.6) is 5.75 Å². The minimum absolute atomic E-state index is 0.0110. The summed E-state index contributed by atoms with van der Waals surface area (Å²) in [6.45, 7) is 0.487. The summed E-state index contributed by atoms with van der Waals surface area (Å²) < 4.78 is 22.6. The first kappa shape index (κ1) is 21.1. The summed E-state index contributed by atoms with van der Waals surface area (Å²) in [5.74, 6) is -2.42. The third-order valence-corrected chi connectivity index (χ3v) is 5.60. The molecule has 2 aliphatic rings. The summed E-state index contributed by atoms with van der Waals surface area (Å²) >= 11 is 0. The molecule has 2 aromatic rings. The molecule has 1 saturated heterocycles. The lowest BCUT2D eigenvalue weighted by atomic mass is 10.1. The third kappa shape index (κ3) is 3.70. The van der Waals surface area contributed by atoms with Crippen LogP contribution >= 0.6 is 0 Å². The Hall–Kier alpha value is -3.18. The van der Waals surface area contributed by atoms with Crippen molar-refractivity contribution < 1.29 is 28.9 Å². The number of hydrogen-bond acceptors (Lipinski definition) is 7. The molecule has 1 aromatic carbocycles. The highest BCUT2D eigenvalue weighted by molar-refractivity contribution is 5.97. The smallest absolute Gasteiger partial charge is 0.341 e. The molecule has 0 unspecified atom stereocenters. The second kappa shape index (κ2) is 8.16. The van der Waals surface area contributed by atoms with E-state index >= 15 is 4.39 Å². The van der Waals surface area contributed by atoms with Gasteiger partial charge in [0.2, 0.25) is 5.43 Å². The molecular formula is C20H23FN4O6. The number of rotatable bonds is 5. The number of aromatic nitrogens is 1. The van der Waals surface area contributed by atoms with Crippen LogP contribution in [-0.2, 0) is 4.79 Å². The van der Waals surface area contributed by atoms with Gasteiger partial charge in [-0.25, -0.2) is 14.6 Å². The van der Waals surface area contributed by atoms with Gasteiger partial charge in [-0.3, -0.25) is 14.6 Å². The SMILES string of the molecule is COc1c(N2CCNN(C(=O)CO)CC2)c(F)cc2c(=O)c(C(=O)O)cn(C3CC3)c12. The van der Waals surface area contributed by atoms with Crippen LogP contribution in [0.4, 0.5) is 10.1 Å². The number of fused-ring (bicyclic) bond motifs is 1. The minimum atomic E-state index is -1.36. The van der Waals surface area contributed by atoms with Crippen molar-refractivity contribution in [3.05, 3.63) is 33.9 Å². The Bertz CT molecular complexity index is 1110. The molecule has 31 heavy (non-hydrogen) atoms. The quantitative estimate of drug-likeness (QED) is 0.615. The van der Waals surface area contributed by atoms with Crippen molar-refractivity contribution >= 4 is 28.5 Å². The number of ether oxygens (including phenoxy) is 1. The van der Waals surface area contributed by atoms with Gasteiger partial charge in [0.15, 0.2) is 11.6 Å². The van der Waals surface area contributed by atoms with E-state index < -0.39 is 35.3 Å². The number of carbonyl (C=O) groups is 2. The number of aromatic carboxylic acids is 1. The molecule has 166 valence electrons. The molecule has 4 rings (SSSR count). The van der Waals surface area contributed by atoms with Gasteiger partial charge in [0.1, 0.15) is 17.9 Å². The van der Waals surface area contributed by atoms with Crippen LogP contribution in [0.1, 0.15) is 29.2 Å². The number of hydrazine groups is 1. The number of aliphatic hydroxyl groups excluding tert-OH is 1. The molecule has 0 bridgehead atoms.